The van der Waals surface area contributed by atoms with Gasteiger partial charge in [0, 0.05) is 6.61 Å². The average molecular weight is 352 g/mol. The summed E-state index contributed by atoms with van der Waals surface area (Å²) < 4.78 is 0. The molecule has 144 valence electrons. The van der Waals surface area contributed by atoms with Gasteiger partial charge in [0.2, 0.25) is 0 Å². The van der Waals surface area contributed by atoms with Gasteiger partial charge >= 0.3 is 0 Å². The first-order valence-corrected chi connectivity index (χ1v) is 9.33. The number of hydrogen-bond donors (Lipinski definition) is 4. The normalized spacial score (nSPS) is 13.9. The van der Waals surface area contributed by atoms with Crippen molar-refractivity contribution in [3.8, 4) is 5.75 Å². The Morgan fingerprint density at radius 3 is 1.92 bits per heavy atom. The number of phenols is 1. The minimum Gasteiger partial charge on any atom is -0.507 e. The van der Waals surface area contributed by atoms with Crippen LogP contribution in [-0.4, -0.2) is 41.1 Å². The smallest absolute Gasteiger partial charge is 0.123 e. The zero-order chi connectivity index (χ0) is 19.3. The van der Waals surface area contributed by atoms with Crippen molar-refractivity contribution in [2.45, 2.75) is 77.7 Å². The van der Waals surface area contributed by atoms with Crippen LogP contribution in [0.3, 0.4) is 0 Å². The minimum atomic E-state index is -0.424. The molecule has 4 heteroatoms. The van der Waals surface area contributed by atoms with E-state index in [1.54, 1.807) is 0 Å². The van der Waals surface area contributed by atoms with Gasteiger partial charge in [-0.05, 0) is 59.9 Å². The third kappa shape index (κ3) is 6.96. The van der Waals surface area contributed by atoms with Crippen molar-refractivity contribution in [1.29, 1.82) is 0 Å². The summed E-state index contributed by atoms with van der Waals surface area (Å²) in [7, 11) is 0. The van der Waals surface area contributed by atoms with Crippen molar-refractivity contribution in [3.05, 3.63) is 28.8 Å². The van der Waals surface area contributed by atoms with Crippen LogP contribution in [0.1, 0.15) is 71.1 Å². The van der Waals surface area contributed by atoms with E-state index in [-0.39, 0.29) is 17.4 Å². The molecule has 0 radical (unpaired) electrons. The number of rotatable bonds is 8. The standard InChI is InChI=1S/C21H37NO3/c1-20(2,3)17-13-15(14-18(19(17)25)21(4,5)6)12-16(24)8-10-22-9-7-11-23/h13-14,16,22-25H,7-12H2,1-6H3. The maximum absolute atomic E-state index is 10.7. The van der Waals surface area contributed by atoms with Crippen molar-refractivity contribution in [2.24, 2.45) is 0 Å². The van der Waals surface area contributed by atoms with E-state index >= 15 is 0 Å². The second kappa shape index (κ2) is 9.02. The Morgan fingerprint density at radius 2 is 1.48 bits per heavy atom. The molecule has 0 fully saturated rings. The van der Waals surface area contributed by atoms with Gasteiger partial charge in [-0.15, -0.1) is 0 Å². The molecular weight excluding hydrogens is 314 g/mol. The maximum atomic E-state index is 10.7. The molecule has 0 bridgehead atoms. The van der Waals surface area contributed by atoms with Crippen LogP contribution in [0.25, 0.3) is 0 Å². The van der Waals surface area contributed by atoms with E-state index in [1.807, 2.05) is 12.1 Å². The summed E-state index contributed by atoms with van der Waals surface area (Å²) in [6.07, 6.45) is 1.56. The van der Waals surface area contributed by atoms with Gasteiger partial charge in [-0.1, -0.05) is 53.7 Å². The molecule has 4 N–H and O–H groups in total. The number of phenolic OH excluding ortho intramolecular Hbond substituents is 1. The highest BCUT2D eigenvalue weighted by Gasteiger charge is 2.26. The van der Waals surface area contributed by atoms with Gasteiger partial charge in [0.15, 0.2) is 0 Å². The van der Waals surface area contributed by atoms with Gasteiger partial charge in [-0.3, -0.25) is 0 Å². The highest BCUT2D eigenvalue weighted by atomic mass is 16.3. The first-order chi connectivity index (χ1) is 11.5. The first kappa shape index (κ1) is 21.9. The Labute approximate surface area is 153 Å². The van der Waals surface area contributed by atoms with Crippen LogP contribution in [0.2, 0.25) is 0 Å². The lowest BCUT2D eigenvalue weighted by Gasteiger charge is -2.28. The Morgan fingerprint density at radius 1 is 0.960 bits per heavy atom. The number of aliphatic hydroxyl groups is 2. The number of benzene rings is 1. The number of aromatic hydroxyl groups is 1. The van der Waals surface area contributed by atoms with Crippen LogP contribution >= 0.6 is 0 Å². The monoisotopic (exact) mass is 351 g/mol. The van der Waals surface area contributed by atoms with Gasteiger partial charge in [0.1, 0.15) is 5.75 Å². The number of nitrogens with one attached hydrogen (secondary N) is 1. The summed E-state index contributed by atoms with van der Waals surface area (Å²) in [5.41, 5.74) is 2.62. The zero-order valence-electron chi connectivity index (χ0n) is 16.8. The molecule has 0 spiro atoms. The Balaban J connectivity index is 2.92. The summed E-state index contributed by atoms with van der Waals surface area (Å²) in [4.78, 5) is 0. The van der Waals surface area contributed by atoms with Gasteiger partial charge in [-0.25, -0.2) is 0 Å². The van der Waals surface area contributed by atoms with Crippen LogP contribution in [-0.2, 0) is 17.3 Å². The van der Waals surface area contributed by atoms with Crippen LogP contribution < -0.4 is 5.32 Å². The molecule has 0 amide bonds. The summed E-state index contributed by atoms with van der Waals surface area (Å²) in [5, 5.41) is 33.1. The van der Waals surface area contributed by atoms with E-state index in [2.05, 4.69) is 46.9 Å². The lowest BCUT2D eigenvalue weighted by molar-refractivity contribution is 0.164. The van der Waals surface area contributed by atoms with Gasteiger partial charge in [-0.2, -0.15) is 0 Å². The van der Waals surface area contributed by atoms with Crippen molar-refractivity contribution < 1.29 is 15.3 Å². The van der Waals surface area contributed by atoms with Crippen LogP contribution in [0, 0.1) is 0 Å². The quantitative estimate of drug-likeness (QED) is 0.543. The second-order valence-electron chi connectivity index (χ2n) is 9.01. The van der Waals surface area contributed by atoms with Crippen molar-refractivity contribution in [1.82, 2.24) is 5.32 Å². The molecule has 0 aliphatic heterocycles. The van der Waals surface area contributed by atoms with E-state index < -0.39 is 6.10 Å². The predicted molar refractivity (Wildman–Crippen MR) is 104 cm³/mol. The molecule has 0 saturated heterocycles. The fourth-order valence-electron chi connectivity index (χ4n) is 2.93. The lowest BCUT2D eigenvalue weighted by atomic mass is 9.78. The number of hydrogen-bond acceptors (Lipinski definition) is 4. The highest BCUT2D eigenvalue weighted by molar-refractivity contribution is 5.50. The predicted octanol–water partition coefficient (Wildman–Crippen LogP) is 3.25. The fraction of sp³-hybridized carbons (Fsp3) is 0.714. The SMILES string of the molecule is CC(C)(C)c1cc(CC(O)CCNCCCO)cc(C(C)(C)C)c1O. The molecule has 1 aromatic carbocycles. The molecule has 0 heterocycles. The van der Waals surface area contributed by atoms with Crippen LogP contribution in [0.15, 0.2) is 12.1 Å². The van der Waals surface area contributed by atoms with Crippen LogP contribution in [0.4, 0.5) is 0 Å². The Bertz CT molecular complexity index is 506. The van der Waals surface area contributed by atoms with E-state index in [0.717, 1.165) is 36.2 Å². The molecule has 0 aliphatic rings. The first-order valence-electron chi connectivity index (χ1n) is 9.33. The minimum absolute atomic E-state index is 0.156. The van der Waals surface area contributed by atoms with E-state index in [9.17, 15) is 10.2 Å². The highest BCUT2D eigenvalue weighted by Crippen LogP contribution is 2.40. The van der Waals surface area contributed by atoms with Crippen molar-refractivity contribution in [3.63, 3.8) is 0 Å². The molecule has 4 nitrogen and oxygen atoms in total. The van der Waals surface area contributed by atoms with E-state index in [1.165, 1.54) is 0 Å². The summed E-state index contributed by atoms with van der Waals surface area (Å²) in [5.74, 6) is 0.379. The molecule has 1 unspecified atom stereocenters. The molecule has 1 aromatic rings. The van der Waals surface area contributed by atoms with E-state index in [0.29, 0.717) is 18.6 Å². The molecule has 0 saturated carbocycles. The average Bonchev–Trinajstić information content (AvgIpc) is 2.46. The molecule has 0 aromatic heterocycles. The van der Waals surface area contributed by atoms with Gasteiger partial charge < -0.3 is 20.6 Å². The van der Waals surface area contributed by atoms with Crippen molar-refractivity contribution >= 4 is 0 Å². The maximum Gasteiger partial charge on any atom is 0.123 e. The third-order valence-electron chi connectivity index (χ3n) is 4.42. The second-order valence-corrected chi connectivity index (χ2v) is 9.01. The molecule has 1 rings (SSSR count). The molecule has 0 aliphatic carbocycles. The van der Waals surface area contributed by atoms with Crippen LogP contribution in [0.5, 0.6) is 5.75 Å². The lowest BCUT2D eigenvalue weighted by Crippen LogP contribution is -2.24. The fourth-order valence-corrected chi connectivity index (χ4v) is 2.93. The summed E-state index contributed by atoms with van der Waals surface area (Å²) in [6.45, 7) is 14.3. The number of aliphatic hydroxyl groups excluding tert-OH is 2. The summed E-state index contributed by atoms with van der Waals surface area (Å²) in [6, 6.07) is 4.07. The van der Waals surface area contributed by atoms with E-state index in [4.69, 9.17) is 5.11 Å². The third-order valence-corrected chi connectivity index (χ3v) is 4.42. The van der Waals surface area contributed by atoms with Crippen molar-refractivity contribution in [2.75, 3.05) is 19.7 Å². The molecule has 1 atom stereocenters. The molecular formula is C21H37NO3. The topological polar surface area (TPSA) is 72.7 Å². The zero-order valence-corrected chi connectivity index (χ0v) is 16.8. The largest absolute Gasteiger partial charge is 0.507 e. The Hall–Kier alpha value is -1.10. The van der Waals surface area contributed by atoms with Gasteiger partial charge in [0.05, 0.1) is 6.10 Å². The van der Waals surface area contributed by atoms with Gasteiger partial charge in [0.25, 0.3) is 0 Å². The Kier molecular flexibility index (Phi) is 7.91. The molecule has 25 heavy (non-hydrogen) atoms. The summed E-state index contributed by atoms with van der Waals surface area (Å²) >= 11 is 0.